The summed E-state index contributed by atoms with van der Waals surface area (Å²) >= 11 is 0. The molecule has 2 fully saturated rings. The van der Waals surface area contributed by atoms with E-state index in [1.54, 1.807) is 0 Å². The molecule has 1 heterocycles. The molecule has 0 aromatic rings. The minimum absolute atomic E-state index is 0.249. The van der Waals surface area contributed by atoms with Crippen molar-refractivity contribution in [3.8, 4) is 0 Å². The van der Waals surface area contributed by atoms with Gasteiger partial charge in [-0.15, -0.1) is 0 Å². The largest absolute Gasteiger partial charge is 0.355 e. The van der Waals surface area contributed by atoms with Crippen molar-refractivity contribution in [1.82, 2.24) is 10.6 Å². The molecule has 0 radical (unpaired) electrons. The molecule has 0 aromatic heterocycles. The summed E-state index contributed by atoms with van der Waals surface area (Å²) in [5.74, 6) is 0.725. The molecule has 2 N–H and O–H groups in total. The van der Waals surface area contributed by atoms with Crippen LogP contribution < -0.4 is 10.6 Å². The Kier molecular flexibility index (Phi) is 5.11. The SMILES string of the molecule is CCC1(CNC(=O)C(C)(C)C2CCCNC2)CCCC1. The van der Waals surface area contributed by atoms with E-state index in [1.807, 2.05) is 0 Å². The summed E-state index contributed by atoms with van der Waals surface area (Å²) in [5.41, 5.74) is 0.136. The van der Waals surface area contributed by atoms with Gasteiger partial charge in [0.25, 0.3) is 0 Å². The molecule has 2 rings (SSSR count). The number of carbonyl (C=O) groups excluding carboxylic acids is 1. The van der Waals surface area contributed by atoms with Crippen LogP contribution in [0.3, 0.4) is 0 Å². The van der Waals surface area contributed by atoms with Gasteiger partial charge in [0.1, 0.15) is 0 Å². The molecular formula is C17H32N2O. The summed E-state index contributed by atoms with van der Waals surface area (Å²) in [6, 6.07) is 0. The Bertz CT molecular complexity index is 326. The zero-order chi connectivity index (χ0) is 14.6. The van der Waals surface area contributed by atoms with Crippen LogP contribution in [0, 0.1) is 16.7 Å². The van der Waals surface area contributed by atoms with Crippen LogP contribution in [0.2, 0.25) is 0 Å². The van der Waals surface area contributed by atoms with Gasteiger partial charge in [0, 0.05) is 12.0 Å². The first-order valence-electron chi connectivity index (χ1n) is 8.49. The Morgan fingerprint density at radius 3 is 2.55 bits per heavy atom. The smallest absolute Gasteiger partial charge is 0.226 e. The third-order valence-electron chi connectivity index (χ3n) is 5.94. The highest BCUT2D eigenvalue weighted by Crippen LogP contribution is 2.40. The molecule has 0 spiro atoms. The molecule has 1 saturated heterocycles. The van der Waals surface area contributed by atoms with E-state index in [-0.39, 0.29) is 11.3 Å². The van der Waals surface area contributed by atoms with Gasteiger partial charge >= 0.3 is 0 Å². The standard InChI is InChI=1S/C17H32N2O/c1-4-17(9-5-6-10-17)13-19-15(20)16(2,3)14-8-7-11-18-12-14/h14,18H,4-13H2,1-3H3,(H,19,20). The highest BCUT2D eigenvalue weighted by Gasteiger charge is 2.39. The fraction of sp³-hybridized carbons (Fsp3) is 0.941. The van der Waals surface area contributed by atoms with Crippen molar-refractivity contribution in [2.45, 2.75) is 65.7 Å². The molecule has 1 atom stereocenters. The zero-order valence-electron chi connectivity index (χ0n) is 13.6. The van der Waals surface area contributed by atoms with Crippen molar-refractivity contribution in [3.05, 3.63) is 0 Å². The second-order valence-corrected chi connectivity index (χ2v) is 7.51. The van der Waals surface area contributed by atoms with Crippen LogP contribution in [0.15, 0.2) is 0 Å². The Labute approximate surface area is 124 Å². The van der Waals surface area contributed by atoms with E-state index in [0.717, 1.165) is 19.6 Å². The second kappa shape index (κ2) is 6.46. The van der Waals surface area contributed by atoms with Gasteiger partial charge in [-0.2, -0.15) is 0 Å². The second-order valence-electron chi connectivity index (χ2n) is 7.51. The van der Waals surface area contributed by atoms with Crippen molar-refractivity contribution >= 4 is 5.91 Å². The first-order valence-corrected chi connectivity index (χ1v) is 8.49. The van der Waals surface area contributed by atoms with E-state index in [0.29, 0.717) is 11.3 Å². The molecule has 1 amide bonds. The number of hydrogen-bond acceptors (Lipinski definition) is 2. The normalized spacial score (nSPS) is 26.4. The Hall–Kier alpha value is -0.570. The number of nitrogens with one attached hydrogen (secondary N) is 2. The van der Waals surface area contributed by atoms with Crippen molar-refractivity contribution in [2.75, 3.05) is 19.6 Å². The third-order valence-corrected chi connectivity index (χ3v) is 5.94. The summed E-state index contributed by atoms with van der Waals surface area (Å²) in [6.45, 7) is 9.48. The number of carbonyl (C=O) groups is 1. The fourth-order valence-electron chi connectivity index (χ4n) is 3.93. The quantitative estimate of drug-likeness (QED) is 0.812. The van der Waals surface area contributed by atoms with Gasteiger partial charge < -0.3 is 10.6 Å². The van der Waals surface area contributed by atoms with E-state index in [9.17, 15) is 4.79 Å². The van der Waals surface area contributed by atoms with Crippen molar-refractivity contribution in [1.29, 1.82) is 0 Å². The highest BCUT2D eigenvalue weighted by molar-refractivity contribution is 5.82. The number of piperidine rings is 1. The predicted molar refractivity (Wildman–Crippen MR) is 83.6 cm³/mol. The molecule has 3 nitrogen and oxygen atoms in total. The van der Waals surface area contributed by atoms with Crippen molar-refractivity contribution in [3.63, 3.8) is 0 Å². The van der Waals surface area contributed by atoms with E-state index in [2.05, 4.69) is 31.4 Å². The molecule has 20 heavy (non-hydrogen) atoms. The van der Waals surface area contributed by atoms with Gasteiger partial charge in [-0.05, 0) is 56.5 Å². The Balaban J connectivity index is 1.89. The van der Waals surface area contributed by atoms with Crippen LogP contribution in [-0.4, -0.2) is 25.5 Å². The lowest BCUT2D eigenvalue weighted by Crippen LogP contribution is -2.49. The van der Waals surface area contributed by atoms with Crippen LogP contribution in [-0.2, 0) is 4.79 Å². The molecule has 1 aliphatic carbocycles. The first kappa shape index (κ1) is 15.8. The van der Waals surface area contributed by atoms with Crippen LogP contribution >= 0.6 is 0 Å². The Morgan fingerprint density at radius 2 is 2.00 bits per heavy atom. The summed E-state index contributed by atoms with van der Waals surface area (Å²) < 4.78 is 0. The van der Waals surface area contributed by atoms with Gasteiger partial charge in [-0.1, -0.05) is 33.6 Å². The van der Waals surface area contributed by atoms with Gasteiger partial charge in [-0.3, -0.25) is 4.79 Å². The monoisotopic (exact) mass is 280 g/mol. The van der Waals surface area contributed by atoms with Crippen LogP contribution in [0.1, 0.15) is 65.7 Å². The number of rotatable bonds is 5. The van der Waals surface area contributed by atoms with Gasteiger partial charge in [-0.25, -0.2) is 0 Å². The minimum atomic E-state index is -0.249. The molecule has 1 saturated carbocycles. The maximum Gasteiger partial charge on any atom is 0.226 e. The van der Waals surface area contributed by atoms with Gasteiger partial charge in [0.15, 0.2) is 0 Å². The predicted octanol–water partition coefficient (Wildman–Crippen LogP) is 3.10. The topological polar surface area (TPSA) is 41.1 Å². The van der Waals surface area contributed by atoms with Crippen LogP contribution in [0.5, 0.6) is 0 Å². The maximum atomic E-state index is 12.6. The minimum Gasteiger partial charge on any atom is -0.355 e. The van der Waals surface area contributed by atoms with E-state index >= 15 is 0 Å². The lowest BCUT2D eigenvalue weighted by molar-refractivity contribution is -0.133. The molecule has 3 heteroatoms. The maximum absolute atomic E-state index is 12.6. The molecule has 1 unspecified atom stereocenters. The lowest BCUT2D eigenvalue weighted by Gasteiger charge is -2.37. The van der Waals surface area contributed by atoms with Gasteiger partial charge in [0.2, 0.25) is 5.91 Å². The van der Waals surface area contributed by atoms with E-state index < -0.39 is 0 Å². The summed E-state index contributed by atoms with van der Waals surface area (Å²) in [4.78, 5) is 12.6. The molecule has 116 valence electrons. The highest BCUT2D eigenvalue weighted by atomic mass is 16.2. The summed E-state index contributed by atoms with van der Waals surface area (Å²) in [6.07, 6.45) is 8.80. The average molecular weight is 280 g/mol. The van der Waals surface area contributed by atoms with Crippen molar-refractivity contribution < 1.29 is 4.79 Å². The molecule has 0 aromatic carbocycles. The average Bonchev–Trinajstić information content (AvgIpc) is 2.95. The molecule has 1 aliphatic heterocycles. The molecule has 0 bridgehead atoms. The first-order chi connectivity index (χ1) is 9.50. The molecule has 2 aliphatic rings. The zero-order valence-corrected chi connectivity index (χ0v) is 13.6. The summed E-state index contributed by atoms with van der Waals surface area (Å²) in [7, 11) is 0. The van der Waals surface area contributed by atoms with E-state index in [1.165, 1.54) is 44.9 Å². The third kappa shape index (κ3) is 3.36. The fourth-order valence-corrected chi connectivity index (χ4v) is 3.93. The van der Waals surface area contributed by atoms with Crippen LogP contribution in [0.4, 0.5) is 0 Å². The van der Waals surface area contributed by atoms with Crippen LogP contribution in [0.25, 0.3) is 0 Å². The number of amides is 1. The Morgan fingerprint density at radius 1 is 1.30 bits per heavy atom. The van der Waals surface area contributed by atoms with Crippen molar-refractivity contribution in [2.24, 2.45) is 16.7 Å². The molecular weight excluding hydrogens is 248 g/mol. The van der Waals surface area contributed by atoms with Gasteiger partial charge in [0.05, 0.1) is 0 Å². The number of hydrogen-bond donors (Lipinski definition) is 2. The lowest BCUT2D eigenvalue weighted by atomic mass is 9.74. The van der Waals surface area contributed by atoms with E-state index in [4.69, 9.17) is 0 Å². The summed E-state index contributed by atoms with van der Waals surface area (Å²) in [5, 5.41) is 6.72.